The van der Waals surface area contributed by atoms with Crippen molar-refractivity contribution in [3.63, 3.8) is 0 Å². The second-order valence-corrected chi connectivity index (χ2v) is 3.97. The van der Waals surface area contributed by atoms with Gasteiger partial charge in [-0.1, -0.05) is 0 Å². The molecule has 2 aromatic rings. The lowest BCUT2D eigenvalue weighted by Gasteiger charge is -2.08. The molecule has 0 unspecified atom stereocenters. The average Bonchev–Trinajstić information content (AvgIpc) is 2.66. The van der Waals surface area contributed by atoms with Gasteiger partial charge in [-0.05, 0) is 12.1 Å². The monoisotopic (exact) mass is 267 g/mol. The van der Waals surface area contributed by atoms with Crippen molar-refractivity contribution in [2.45, 2.75) is 6.54 Å². The van der Waals surface area contributed by atoms with Gasteiger partial charge in [-0.25, -0.2) is 9.37 Å². The van der Waals surface area contributed by atoms with Crippen molar-refractivity contribution >= 4 is 23.0 Å². The molecule has 102 valence electrons. The van der Waals surface area contributed by atoms with E-state index in [0.29, 0.717) is 30.1 Å². The number of nitrogens with zero attached hydrogens (tertiary/aromatic N) is 2. The molecular formula is C12H14FN3O3. The SMILES string of the molecule is COCCNc1nc2cc(F)ccc2n1CC(=O)O. The van der Waals surface area contributed by atoms with Crippen LogP contribution in [0.5, 0.6) is 0 Å². The van der Waals surface area contributed by atoms with Gasteiger partial charge in [0.1, 0.15) is 12.4 Å². The largest absolute Gasteiger partial charge is 0.480 e. The van der Waals surface area contributed by atoms with Crippen molar-refractivity contribution in [2.75, 3.05) is 25.6 Å². The lowest BCUT2D eigenvalue weighted by molar-refractivity contribution is -0.137. The Morgan fingerprint density at radius 3 is 3.05 bits per heavy atom. The Bertz CT molecular complexity index is 597. The minimum absolute atomic E-state index is 0.239. The first kappa shape index (κ1) is 13.3. The lowest BCUT2D eigenvalue weighted by Crippen LogP contribution is -2.15. The van der Waals surface area contributed by atoms with Crippen LogP contribution in [0.3, 0.4) is 0 Å². The zero-order valence-electron chi connectivity index (χ0n) is 10.4. The number of carboxylic acid groups (broad SMARTS) is 1. The van der Waals surface area contributed by atoms with Gasteiger partial charge in [0.05, 0.1) is 17.6 Å². The summed E-state index contributed by atoms with van der Waals surface area (Å²) in [5.41, 5.74) is 0.991. The molecule has 0 aliphatic carbocycles. The van der Waals surface area contributed by atoms with Crippen LogP contribution in [0.2, 0.25) is 0 Å². The van der Waals surface area contributed by atoms with Gasteiger partial charge in [0.25, 0.3) is 0 Å². The van der Waals surface area contributed by atoms with E-state index < -0.39 is 11.8 Å². The summed E-state index contributed by atoms with van der Waals surface area (Å²) in [6.45, 7) is 0.712. The van der Waals surface area contributed by atoms with Gasteiger partial charge >= 0.3 is 5.97 Å². The molecule has 0 saturated carbocycles. The number of hydrogen-bond donors (Lipinski definition) is 2. The fourth-order valence-corrected chi connectivity index (χ4v) is 1.80. The van der Waals surface area contributed by atoms with Gasteiger partial charge in [0, 0.05) is 19.7 Å². The summed E-state index contributed by atoms with van der Waals surface area (Å²) in [6.07, 6.45) is 0. The summed E-state index contributed by atoms with van der Waals surface area (Å²) >= 11 is 0. The number of imidazole rings is 1. The molecule has 6 nitrogen and oxygen atoms in total. The molecule has 19 heavy (non-hydrogen) atoms. The van der Waals surface area contributed by atoms with Gasteiger partial charge in [-0.2, -0.15) is 0 Å². The average molecular weight is 267 g/mol. The third-order valence-corrected chi connectivity index (χ3v) is 2.59. The second kappa shape index (κ2) is 5.66. The molecule has 0 amide bonds. The highest BCUT2D eigenvalue weighted by Gasteiger charge is 2.13. The number of hydrogen-bond acceptors (Lipinski definition) is 4. The Morgan fingerprint density at radius 2 is 2.37 bits per heavy atom. The van der Waals surface area contributed by atoms with Crippen LogP contribution >= 0.6 is 0 Å². The van der Waals surface area contributed by atoms with E-state index >= 15 is 0 Å². The van der Waals surface area contributed by atoms with Crippen LogP contribution in [-0.2, 0) is 16.1 Å². The van der Waals surface area contributed by atoms with Gasteiger partial charge in [-0.3, -0.25) is 9.36 Å². The maximum atomic E-state index is 13.1. The minimum Gasteiger partial charge on any atom is -0.480 e. The Morgan fingerprint density at radius 1 is 1.58 bits per heavy atom. The molecule has 0 spiro atoms. The van der Waals surface area contributed by atoms with Crippen LogP contribution in [0.15, 0.2) is 18.2 Å². The first-order valence-electron chi connectivity index (χ1n) is 5.72. The van der Waals surface area contributed by atoms with Gasteiger partial charge in [0.2, 0.25) is 5.95 Å². The van der Waals surface area contributed by atoms with E-state index in [2.05, 4.69) is 10.3 Å². The number of fused-ring (bicyclic) bond motifs is 1. The molecule has 0 saturated heterocycles. The van der Waals surface area contributed by atoms with Crippen LogP contribution < -0.4 is 5.32 Å². The van der Waals surface area contributed by atoms with Crippen LogP contribution in [-0.4, -0.2) is 40.9 Å². The summed E-state index contributed by atoms with van der Waals surface area (Å²) in [5, 5.41) is 11.9. The Kier molecular flexibility index (Phi) is 3.96. The quantitative estimate of drug-likeness (QED) is 0.772. The molecule has 0 bridgehead atoms. The van der Waals surface area contributed by atoms with Crippen LogP contribution in [0.1, 0.15) is 0 Å². The Balaban J connectivity index is 2.38. The van der Waals surface area contributed by atoms with Gasteiger partial charge in [-0.15, -0.1) is 0 Å². The summed E-state index contributed by atoms with van der Waals surface area (Å²) in [7, 11) is 1.57. The van der Waals surface area contributed by atoms with Crippen LogP contribution in [0.25, 0.3) is 11.0 Å². The molecule has 0 atom stereocenters. The normalized spacial score (nSPS) is 10.8. The Hall–Kier alpha value is -2.15. The third-order valence-electron chi connectivity index (χ3n) is 2.59. The van der Waals surface area contributed by atoms with Crippen molar-refractivity contribution in [3.05, 3.63) is 24.0 Å². The van der Waals surface area contributed by atoms with E-state index in [1.807, 2.05) is 0 Å². The molecule has 0 aliphatic heterocycles. The zero-order chi connectivity index (χ0) is 13.8. The van der Waals surface area contributed by atoms with Crippen molar-refractivity contribution < 1.29 is 19.0 Å². The van der Waals surface area contributed by atoms with Crippen molar-refractivity contribution in [1.29, 1.82) is 0 Å². The van der Waals surface area contributed by atoms with E-state index in [1.165, 1.54) is 22.8 Å². The molecule has 1 aromatic heterocycles. The lowest BCUT2D eigenvalue weighted by atomic mass is 10.3. The number of ether oxygens (including phenoxy) is 1. The number of aromatic nitrogens is 2. The molecular weight excluding hydrogens is 253 g/mol. The van der Waals surface area contributed by atoms with Crippen LogP contribution in [0, 0.1) is 5.82 Å². The molecule has 1 aromatic carbocycles. The first-order valence-corrected chi connectivity index (χ1v) is 5.72. The Labute approximate surface area is 108 Å². The predicted octanol–water partition coefficient (Wildman–Crippen LogP) is 1.32. The number of carbonyl (C=O) groups is 1. The number of anilines is 1. The van der Waals surface area contributed by atoms with E-state index in [-0.39, 0.29) is 6.54 Å². The van der Waals surface area contributed by atoms with Crippen molar-refractivity contribution in [3.8, 4) is 0 Å². The summed E-state index contributed by atoms with van der Waals surface area (Å²) in [5.74, 6) is -1.01. The number of methoxy groups -OCH3 is 1. The number of halogens is 1. The third kappa shape index (κ3) is 3.00. The van der Waals surface area contributed by atoms with E-state index in [4.69, 9.17) is 9.84 Å². The minimum atomic E-state index is -0.988. The molecule has 0 radical (unpaired) electrons. The van der Waals surface area contributed by atoms with Crippen LogP contribution in [0.4, 0.5) is 10.3 Å². The topological polar surface area (TPSA) is 76.4 Å². The number of carboxylic acids is 1. The standard InChI is InChI=1S/C12H14FN3O3/c1-19-5-4-14-12-15-9-6-8(13)2-3-10(9)16(12)7-11(17)18/h2-3,6H,4-5,7H2,1H3,(H,14,15)(H,17,18). The molecule has 2 N–H and O–H groups in total. The fraction of sp³-hybridized carbons (Fsp3) is 0.333. The smallest absolute Gasteiger partial charge is 0.323 e. The number of benzene rings is 1. The highest BCUT2D eigenvalue weighted by Crippen LogP contribution is 2.20. The fourth-order valence-electron chi connectivity index (χ4n) is 1.80. The summed E-state index contributed by atoms with van der Waals surface area (Å²) < 4.78 is 19.5. The van der Waals surface area contributed by atoms with Gasteiger partial charge < -0.3 is 15.2 Å². The molecule has 7 heteroatoms. The number of nitrogens with one attached hydrogen (secondary N) is 1. The first-order chi connectivity index (χ1) is 9.11. The van der Waals surface area contributed by atoms with E-state index in [1.54, 1.807) is 7.11 Å². The zero-order valence-corrected chi connectivity index (χ0v) is 10.4. The highest BCUT2D eigenvalue weighted by atomic mass is 19.1. The van der Waals surface area contributed by atoms with E-state index in [9.17, 15) is 9.18 Å². The molecule has 1 heterocycles. The summed E-state index contributed by atoms with van der Waals surface area (Å²) in [4.78, 5) is 15.1. The molecule has 2 rings (SSSR count). The summed E-state index contributed by atoms with van der Waals surface area (Å²) in [6, 6.07) is 4.07. The number of rotatable bonds is 6. The highest BCUT2D eigenvalue weighted by molar-refractivity contribution is 5.81. The van der Waals surface area contributed by atoms with E-state index in [0.717, 1.165) is 0 Å². The second-order valence-electron chi connectivity index (χ2n) is 3.97. The predicted molar refractivity (Wildman–Crippen MR) is 67.7 cm³/mol. The number of aliphatic carboxylic acids is 1. The molecule has 0 aliphatic rings. The van der Waals surface area contributed by atoms with Crippen molar-refractivity contribution in [2.24, 2.45) is 0 Å². The maximum Gasteiger partial charge on any atom is 0.323 e. The van der Waals surface area contributed by atoms with Gasteiger partial charge in [0.15, 0.2) is 0 Å². The molecule has 0 fully saturated rings. The maximum absolute atomic E-state index is 13.1. The van der Waals surface area contributed by atoms with Crippen molar-refractivity contribution in [1.82, 2.24) is 9.55 Å².